The molecule has 0 saturated heterocycles. The van der Waals surface area contributed by atoms with Gasteiger partial charge in [-0.05, 0) is 58.6 Å². The van der Waals surface area contributed by atoms with Crippen LogP contribution in [0.4, 0.5) is 5.69 Å². The third kappa shape index (κ3) is 2.76. The molecule has 0 spiro atoms. The Bertz CT molecular complexity index is 1050. The average Bonchev–Trinajstić information content (AvgIpc) is 3.04. The fourth-order valence-corrected chi connectivity index (χ4v) is 3.73. The van der Waals surface area contributed by atoms with E-state index in [1.165, 1.54) is 6.07 Å². The molecule has 0 N–H and O–H groups in total. The Morgan fingerprint density at radius 2 is 2.12 bits per heavy atom. The Labute approximate surface area is 157 Å². The summed E-state index contributed by atoms with van der Waals surface area (Å²) in [5.41, 5.74) is 3.11. The minimum Gasteiger partial charge on any atom is -0.330 e. The van der Waals surface area contributed by atoms with Crippen LogP contribution >= 0.6 is 15.9 Å². The lowest BCUT2D eigenvalue weighted by molar-refractivity contribution is -0.385. The standard InChI is InChI=1S/C18H15BrN4O3/c1-11-16-8-15(23(25)26)4-2-12(16)6-7-21(11)18(24)17-9-14-5-3-13(19)10-22(14)20-17/h2-5,8-11H,6-7H2,1H3. The first-order valence-corrected chi connectivity index (χ1v) is 8.96. The number of nitro benzene ring substituents is 1. The quantitative estimate of drug-likeness (QED) is 0.472. The summed E-state index contributed by atoms with van der Waals surface area (Å²) in [6, 6.07) is 10.2. The van der Waals surface area contributed by atoms with E-state index >= 15 is 0 Å². The van der Waals surface area contributed by atoms with E-state index in [2.05, 4.69) is 21.0 Å². The molecule has 0 radical (unpaired) electrons. The highest BCUT2D eigenvalue weighted by Crippen LogP contribution is 2.33. The second-order valence-electron chi connectivity index (χ2n) is 6.31. The van der Waals surface area contributed by atoms with Crippen LogP contribution in [0.3, 0.4) is 0 Å². The number of aromatic nitrogens is 2. The van der Waals surface area contributed by atoms with Gasteiger partial charge in [-0.1, -0.05) is 6.07 Å². The molecule has 26 heavy (non-hydrogen) atoms. The van der Waals surface area contributed by atoms with Gasteiger partial charge in [-0.3, -0.25) is 14.9 Å². The highest BCUT2D eigenvalue weighted by Gasteiger charge is 2.30. The molecule has 7 nitrogen and oxygen atoms in total. The van der Waals surface area contributed by atoms with Gasteiger partial charge in [-0.25, -0.2) is 4.52 Å². The van der Waals surface area contributed by atoms with Gasteiger partial charge in [0.15, 0.2) is 5.69 Å². The van der Waals surface area contributed by atoms with E-state index in [0.29, 0.717) is 18.7 Å². The van der Waals surface area contributed by atoms with Gasteiger partial charge < -0.3 is 4.90 Å². The van der Waals surface area contributed by atoms with Crippen LogP contribution in [-0.4, -0.2) is 31.9 Å². The fraction of sp³-hybridized carbons (Fsp3) is 0.222. The molecule has 0 saturated carbocycles. The molecule has 8 heteroatoms. The summed E-state index contributed by atoms with van der Waals surface area (Å²) in [5, 5.41) is 15.4. The minimum absolute atomic E-state index is 0.0440. The highest BCUT2D eigenvalue weighted by atomic mass is 79.9. The summed E-state index contributed by atoms with van der Waals surface area (Å²) in [6.07, 6.45) is 2.47. The summed E-state index contributed by atoms with van der Waals surface area (Å²) < 4.78 is 2.53. The van der Waals surface area contributed by atoms with Crippen LogP contribution in [0.2, 0.25) is 0 Å². The van der Waals surface area contributed by atoms with Crippen molar-refractivity contribution in [2.45, 2.75) is 19.4 Å². The number of nitrogens with zero attached hydrogens (tertiary/aromatic N) is 4. The van der Waals surface area contributed by atoms with Gasteiger partial charge in [0, 0.05) is 29.3 Å². The summed E-state index contributed by atoms with van der Waals surface area (Å²) in [4.78, 5) is 25.4. The number of hydrogen-bond acceptors (Lipinski definition) is 4. The van der Waals surface area contributed by atoms with Crippen LogP contribution in [0.1, 0.15) is 34.6 Å². The van der Waals surface area contributed by atoms with E-state index in [-0.39, 0.29) is 17.6 Å². The van der Waals surface area contributed by atoms with Gasteiger partial charge in [0.2, 0.25) is 0 Å². The summed E-state index contributed by atoms with van der Waals surface area (Å²) in [6.45, 7) is 2.45. The first-order chi connectivity index (χ1) is 12.4. The van der Waals surface area contributed by atoms with Crippen LogP contribution in [0, 0.1) is 10.1 Å². The van der Waals surface area contributed by atoms with Gasteiger partial charge in [-0.15, -0.1) is 0 Å². The molecular weight excluding hydrogens is 400 g/mol. The Balaban J connectivity index is 1.68. The number of rotatable bonds is 2. The lowest BCUT2D eigenvalue weighted by Gasteiger charge is -2.34. The number of fused-ring (bicyclic) bond motifs is 2. The number of pyridine rings is 1. The van der Waals surface area contributed by atoms with Gasteiger partial charge in [0.05, 0.1) is 16.5 Å². The number of nitro groups is 1. The lowest BCUT2D eigenvalue weighted by Crippen LogP contribution is -2.39. The van der Waals surface area contributed by atoms with Crippen molar-refractivity contribution in [1.82, 2.24) is 14.5 Å². The minimum atomic E-state index is -0.409. The molecule has 1 aromatic carbocycles. The molecule has 132 valence electrons. The molecule has 3 heterocycles. The second kappa shape index (κ2) is 6.21. The van der Waals surface area contributed by atoms with Gasteiger partial charge in [-0.2, -0.15) is 5.10 Å². The van der Waals surface area contributed by atoms with E-state index in [0.717, 1.165) is 21.1 Å². The van der Waals surface area contributed by atoms with Gasteiger partial charge in [0.25, 0.3) is 11.6 Å². The molecule has 1 atom stereocenters. The molecule has 1 amide bonds. The number of amides is 1. The van der Waals surface area contributed by atoms with Crippen molar-refractivity contribution in [3.63, 3.8) is 0 Å². The molecule has 0 fully saturated rings. The van der Waals surface area contributed by atoms with Crippen molar-refractivity contribution >= 4 is 33.0 Å². The van der Waals surface area contributed by atoms with Crippen LogP contribution in [0.5, 0.6) is 0 Å². The Kier molecular flexibility index (Phi) is 3.99. The number of non-ortho nitro benzene ring substituents is 1. The number of halogens is 1. The zero-order valence-electron chi connectivity index (χ0n) is 13.9. The molecule has 4 rings (SSSR count). The lowest BCUT2D eigenvalue weighted by atomic mass is 9.92. The van der Waals surface area contributed by atoms with E-state index in [9.17, 15) is 14.9 Å². The van der Waals surface area contributed by atoms with Crippen molar-refractivity contribution in [3.05, 3.63) is 74.0 Å². The second-order valence-corrected chi connectivity index (χ2v) is 7.23. The van der Waals surface area contributed by atoms with Crippen LogP contribution in [-0.2, 0) is 6.42 Å². The largest absolute Gasteiger partial charge is 0.330 e. The molecule has 1 aliphatic rings. The van der Waals surface area contributed by atoms with Crippen molar-refractivity contribution in [3.8, 4) is 0 Å². The first-order valence-electron chi connectivity index (χ1n) is 8.17. The molecule has 2 aromatic heterocycles. The predicted octanol–water partition coefficient (Wildman–Crippen LogP) is 3.76. The Morgan fingerprint density at radius 3 is 2.88 bits per heavy atom. The molecule has 0 bridgehead atoms. The van der Waals surface area contributed by atoms with Crippen molar-refractivity contribution in [2.75, 3.05) is 6.54 Å². The third-order valence-electron chi connectivity index (χ3n) is 4.78. The van der Waals surface area contributed by atoms with E-state index in [1.54, 1.807) is 33.8 Å². The van der Waals surface area contributed by atoms with Crippen molar-refractivity contribution < 1.29 is 9.72 Å². The average molecular weight is 415 g/mol. The monoisotopic (exact) mass is 414 g/mol. The van der Waals surface area contributed by atoms with Crippen LogP contribution in [0.25, 0.3) is 5.52 Å². The molecule has 3 aromatic rings. The molecule has 1 aliphatic heterocycles. The fourth-order valence-electron chi connectivity index (χ4n) is 3.41. The maximum absolute atomic E-state index is 13.0. The topological polar surface area (TPSA) is 80.8 Å². The van der Waals surface area contributed by atoms with Gasteiger partial charge >= 0.3 is 0 Å². The maximum atomic E-state index is 13.0. The maximum Gasteiger partial charge on any atom is 0.274 e. The predicted molar refractivity (Wildman–Crippen MR) is 99.1 cm³/mol. The van der Waals surface area contributed by atoms with E-state index in [4.69, 9.17) is 0 Å². The zero-order valence-corrected chi connectivity index (χ0v) is 15.5. The van der Waals surface area contributed by atoms with Gasteiger partial charge in [0.1, 0.15) is 0 Å². The number of benzene rings is 1. The highest BCUT2D eigenvalue weighted by molar-refractivity contribution is 9.10. The van der Waals surface area contributed by atoms with E-state index in [1.807, 2.05) is 19.1 Å². The normalized spacial score (nSPS) is 16.5. The summed E-state index contributed by atoms with van der Waals surface area (Å²) in [7, 11) is 0. The first kappa shape index (κ1) is 16.7. The Hall–Kier alpha value is -2.74. The SMILES string of the molecule is CC1c2cc([N+](=O)[O-])ccc2CCN1C(=O)c1cc2ccc(Br)cn2n1. The molecule has 1 unspecified atom stereocenters. The Morgan fingerprint density at radius 1 is 1.31 bits per heavy atom. The number of carbonyl (C=O) groups is 1. The number of carbonyl (C=O) groups excluding carboxylic acids is 1. The number of hydrogen-bond donors (Lipinski definition) is 0. The van der Waals surface area contributed by atoms with Crippen molar-refractivity contribution in [1.29, 1.82) is 0 Å². The van der Waals surface area contributed by atoms with Crippen LogP contribution in [0.15, 0.2) is 47.1 Å². The summed E-state index contributed by atoms with van der Waals surface area (Å²) in [5.74, 6) is -0.172. The summed E-state index contributed by atoms with van der Waals surface area (Å²) >= 11 is 3.39. The molecule has 0 aliphatic carbocycles. The zero-order chi connectivity index (χ0) is 18.4. The van der Waals surface area contributed by atoms with Crippen molar-refractivity contribution in [2.24, 2.45) is 0 Å². The van der Waals surface area contributed by atoms with E-state index < -0.39 is 4.92 Å². The third-order valence-corrected chi connectivity index (χ3v) is 5.25. The smallest absolute Gasteiger partial charge is 0.274 e. The molecular formula is C18H15BrN4O3. The van der Waals surface area contributed by atoms with Crippen LogP contribution < -0.4 is 0 Å².